The fourth-order valence-corrected chi connectivity index (χ4v) is 2.39. The summed E-state index contributed by atoms with van der Waals surface area (Å²) < 4.78 is 51.4. The zero-order valence-corrected chi connectivity index (χ0v) is 14.4. The van der Waals surface area contributed by atoms with Crippen molar-refractivity contribution in [2.24, 2.45) is 0 Å². The van der Waals surface area contributed by atoms with Crippen molar-refractivity contribution in [1.82, 2.24) is 15.4 Å². The molecule has 2 aromatic carbocycles. The second-order valence-corrected chi connectivity index (χ2v) is 5.29. The third-order valence-corrected chi connectivity index (χ3v) is 3.48. The average molecular weight is 380 g/mol. The highest BCUT2D eigenvalue weighted by Crippen LogP contribution is 2.34. The number of rotatable bonds is 6. The number of hydrogen-bond acceptors (Lipinski definition) is 7. The van der Waals surface area contributed by atoms with Gasteiger partial charge in [-0.1, -0.05) is 0 Å². The van der Waals surface area contributed by atoms with E-state index < -0.39 is 6.36 Å². The van der Waals surface area contributed by atoms with E-state index in [4.69, 9.17) is 9.47 Å². The van der Waals surface area contributed by atoms with Gasteiger partial charge < -0.3 is 19.5 Å². The van der Waals surface area contributed by atoms with E-state index in [2.05, 4.69) is 25.5 Å². The lowest BCUT2D eigenvalue weighted by molar-refractivity contribution is -0.274. The summed E-state index contributed by atoms with van der Waals surface area (Å²) in [6, 6.07) is 8.63. The summed E-state index contributed by atoms with van der Waals surface area (Å²) in [6.45, 7) is 2.30. The number of halogens is 3. The van der Waals surface area contributed by atoms with Crippen LogP contribution < -0.4 is 19.5 Å². The van der Waals surface area contributed by atoms with Crippen LogP contribution in [-0.2, 0) is 0 Å². The van der Waals surface area contributed by atoms with E-state index in [0.717, 1.165) is 0 Å². The normalized spacial score (nSPS) is 11.3. The highest BCUT2D eigenvalue weighted by atomic mass is 19.4. The van der Waals surface area contributed by atoms with Crippen LogP contribution in [0.25, 0.3) is 10.9 Å². The Labute approximate surface area is 152 Å². The van der Waals surface area contributed by atoms with Crippen LogP contribution in [0.3, 0.4) is 0 Å². The summed E-state index contributed by atoms with van der Waals surface area (Å²) in [7, 11) is 1.51. The van der Waals surface area contributed by atoms with E-state index in [0.29, 0.717) is 40.5 Å². The Hall–Kier alpha value is -3.30. The van der Waals surface area contributed by atoms with E-state index >= 15 is 0 Å². The number of fused-ring (bicyclic) bond motifs is 1. The first-order valence-electron chi connectivity index (χ1n) is 7.86. The first-order chi connectivity index (χ1) is 12.9. The predicted molar refractivity (Wildman–Crippen MR) is 91.5 cm³/mol. The molecule has 3 aromatic rings. The number of anilines is 2. The van der Waals surface area contributed by atoms with Crippen LogP contribution in [0.15, 0.2) is 36.4 Å². The summed E-state index contributed by atoms with van der Waals surface area (Å²) >= 11 is 0. The zero-order valence-electron chi connectivity index (χ0n) is 14.4. The van der Waals surface area contributed by atoms with Gasteiger partial charge in [-0.2, -0.15) is 0 Å². The van der Waals surface area contributed by atoms with Crippen LogP contribution in [0.2, 0.25) is 0 Å². The molecule has 0 aliphatic rings. The first kappa shape index (κ1) is 18.5. The van der Waals surface area contributed by atoms with Gasteiger partial charge in [-0.25, -0.2) is 0 Å². The third kappa shape index (κ3) is 4.46. The number of nitrogens with one attached hydrogen (secondary N) is 1. The van der Waals surface area contributed by atoms with Crippen molar-refractivity contribution in [3.63, 3.8) is 0 Å². The van der Waals surface area contributed by atoms with Crippen molar-refractivity contribution in [3.05, 3.63) is 36.4 Å². The molecule has 0 unspecified atom stereocenters. The minimum atomic E-state index is -4.74. The van der Waals surface area contributed by atoms with E-state index in [-0.39, 0.29) is 5.75 Å². The van der Waals surface area contributed by atoms with Gasteiger partial charge in [0.1, 0.15) is 11.3 Å². The number of methoxy groups -OCH3 is 1. The summed E-state index contributed by atoms with van der Waals surface area (Å²) in [5.74, 6) is 1.07. The van der Waals surface area contributed by atoms with Crippen LogP contribution in [0, 0.1) is 0 Å². The molecule has 1 heterocycles. The standard InChI is InChI=1S/C17H15F3N4O3/c1-3-26-15-9-13-12(8-14(15)25-2)16(23-24-22-13)21-10-4-6-11(7-5-10)27-17(18,19)20/h4-9H,3H2,1-2H3,(H,21,22,23). The molecule has 3 rings (SSSR count). The Balaban J connectivity index is 1.90. The number of hydrogen-bond donors (Lipinski definition) is 1. The number of nitrogens with zero attached hydrogens (tertiary/aromatic N) is 3. The zero-order chi connectivity index (χ0) is 19.4. The Bertz CT molecular complexity index is 933. The Kier molecular flexibility index (Phi) is 5.15. The lowest BCUT2D eigenvalue weighted by Gasteiger charge is -2.13. The van der Waals surface area contributed by atoms with Crippen LogP contribution in [0.1, 0.15) is 6.92 Å². The largest absolute Gasteiger partial charge is 0.573 e. The van der Waals surface area contributed by atoms with Gasteiger partial charge in [0.25, 0.3) is 0 Å². The summed E-state index contributed by atoms with van der Waals surface area (Å²) in [6.07, 6.45) is -4.74. The van der Waals surface area contributed by atoms with Gasteiger partial charge in [-0.05, 0) is 42.5 Å². The summed E-state index contributed by atoms with van der Waals surface area (Å²) in [5.41, 5.74) is 1.02. The molecule has 7 nitrogen and oxygen atoms in total. The fourth-order valence-electron chi connectivity index (χ4n) is 2.39. The van der Waals surface area contributed by atoms with Gasteiger partial charge in [0, 0.05) is 11.8 Å². The molecule has 0 atom stereocenters. The van der Waals surface area contributed by atoms with Crippen molar-refractivity contribution in [2.75, 3.05) is 19.0 Å². The average Bonchev–Trinajstić information content (AvgIpc) is 2.62. The van der Waals surface area contributed by atoms with Crippen molar-refractivity contribution >= 4 is 22.4 Å². The number of aromatic nitrogens is 3. The smallest absolute Gasteiger partial charge is 0.493 e. The summed E-state index contributed by atoms with van der Waals surface area (Å²) in [5, 5.41) is 15.2. The SMILES string of the molecule is CCOc1cc2nnnc(Nc3ccc(OC(F)(F)F)cc3)c2cc1OC. The molecule has 0 aliphatic heterocycles. The quantitative estimate of drug-likeness (QED) is 0.690. The van der Waals surface area contributed by atoms with E-state index in [9.17, 15) is 13.2 Å². The van der Waals surface area contributed by atoms with Gasteiger partial charge in [-0.15, -0.1) is 23.4 Å². The lowest BCUT2D eigenvalue weighted by atomic mass is 10.2. The second kappa shape index (κ2) is 7.52. The molecule has 1 N–H and O–H groups in total. The highest BCUT2D eigenvalue weighted by molar-refractivity contribution is 5.92. The van der Waals surface area contributed by atoms with Crippen LogP contribution in [0.4, 0.5) is 24.7 Å². The minimum Gasteiger partial charge on any atom is -0.493 e. The molecule has 0 amide bonds. The van der Waals surface area contributed by atoms with E-state index in [1.807, 2.05) is 6.92 Å². The predicted octanol–water partition coefficient (Wildman–Crippen LogP) is 4.07. The monoisotopic (exact) mass is 380 g/mol. The van der Waals surface area contributed by atoms with Crippen molar-refractivity contribution in [2.45, 2.75) is 13.3 Å². The maximum atomic E-state index is 12.2. The molecule has 0 aliphatic carbocycles. The van der Waals surface area contributed by atoms with Crippen LogP contribution in [0.5, 0.6) is 17.2 Å². The van der Waals surface area contributed by atoms with Crippen LogP contribution in [-0.4, -0.2) is 35.5 Å². The molecule has 0 spiro atoms. The van der Waals surface area contributed by atoms with Gasteiger partial charge in [-0.3, -0.25) is 0 Å². The van der Waals surface area contributed by atoms with Gasteiger partial charge in [0.15, 0.2) is 17.3 Å². The molecule has 1 aromatic heterocycles. The topological polar surface area (TPSA) is 78.4 Å². The Morgan fingerprint density at radius 1 is 1.04 bits per heavy atom. The molecule has 10 heteroatoms. The molecule has 0 saturated heterocycles. The number of benzene rings is 2. The van der Waals surface area contributed by atoms with Crippen molar-refractivity contribution in [3.8, 4) is 17.2 Å². The van der Waals surface area contributed by atoms with Crippen molar-refractivity contribution < 1.29 is 27.4 Å². The second-order valence-electron chi connectivity index (χ2n) is 5.29. The highest BCUT2D eigenvalue weighted by Gasteiger charge is 2.30. The molecule has 0 radical (unpaired) electrons. The molecule has 142 valence electrons. The molecule has 0 bridgehead atoms. The van der Waals surface area contributed by atoms with Crippen molar-refractivity contribution in [1.29, 1.82) is 0 Å². The molecule has 0 fully saturated rings. The summed E-state index contributed by atoms with van der Waals surface area (Å²) in [4.78, 5) is 0. The molecule has 27 heavy (non-hydrogen) atoms. The number of alkyl halides is 3. The molecular formula is C17H15F3N4O3. The molecular weight excluding hydrogens is 365 g/mol. The lowest BCUT2D eigenvalue weighted by Crippen LogP contribution is -2.16. The minimum absolute atomic E-state index is 0.318. The van der Waals surface area contributed by atoms with Gasteiger partial charge in [0.05, 0.1) is 19.1 Å². The van der Waals surface area contributed by atoms with E-state index in [1.165, 1.54) is 31.4 Å². The van der Waals surface area contributed by atoms with E-state index in [1.54, 1.807) is 12.1 Å². The fraction of sp³-hybridized carbons (Fsp3) is 0.235. The molecule has 0 saturated carbocycles. The first-order valence-corrected chi connectivity index (χ1v) is 7.86. The van der Waals surface area contributed by atoms with Gasteiger partial charge in [0.2, 0.25) is 0 Å². The van der Waals surface area contributed by atoms with Gasteiger partial charge >= 0.3 is 6.36 Å². The Morgan fingerprint density at radius 3 is 2.41 bits per heavy atom. The van der Waals surface area contributed by atoms with Crippen LogP contribution >= 0.6 is 0 Å². The third-order valence-electron chi connectivity index (χ3n) is 3.48. The maximum absolute atomic E-state index is 12.2. The Morgan fingerprint density at radius 2 is 1.78 bits per heavy atom. The number of ether oxygens (including phenoxy) is 3. The maximum Gasteiger partial charge on any atom is 0.573 e.